The molecule has 114 valence electrons. The first-order valence-electron chi connectivity index (χ1n) is 8.57. The first-order valence-corrected chi connectivity index (χ1v) is 8.94. The summed E-state index contributed by atoms with van der Waals surface area (Å²) in [7, 11) is 0. The molecule has 0 saturated heterocycles. The molecule has 1 N–H and O–H groups in total. The number of nitrogens with one attached hydrogen (secondary N) is 1. The lowest BCUT2D eigenvalue weighted by molar-refractivity contribution is -0.0602. The van der Waals surface area contributed by atoms with Crippen LogP contribution in [0.15, 0.2) is 18.2 Å². The summed E-state index contributed by atoms with van der Waals surface area (Å²) in [6.45, 7) is 4.58. The molecule has 0 aliphatic heterocycles. The molecule has 1 atom stereocenters. The van der Waals surface area contributed by atoms with E-state index < -0.39 is 0 Å². The van der Waals surface area contributed by atoms with Crippen molar-refractivity contribution in [2.24, 2.45) is 23.2 Å². The van der Waals surface area contributed by atoms with Crippen LogP contribution in [0.1, 0.15) is 51.0 Å². The molecule has 0 heterocycles. The van der Waals surface area contributed by atoms with Crippen molar-refractivity contribution in [1.29, 1.82) is 0 Å². The summed E-state index contributed by atoms with van der Waals surface area (Å²) in [6.07, 6.45) is 8.90. The van der Waals surface area contributed by atoms with Crippen molar-refractivity contribution < 1.29 is 0 Å². The lowest BCUT2D eigenvalue weighted by atomic mass is 9.48. The summed E-state index contributed by atoms with van der Waals surface area (Å²) in [5.41, 5.74) is 3.07. The minimum Gasteiger partial charge on any atom is -0.382 e. The Kier molecular flexibility index (Phi) is 3.26. The second kappa shape index (κ2) is 4.91. The molecular formula is C19H26ClN. The van der Waals surface area contributed by atoms with Crippen LogP contribution in [0.4, 0.5) is 5.69 Å². The number of benzene rings is 1. The summed E-state index contributed by atoms with van der Waals surface area (Å²) in [4.78, 5) is 0. The quantitative estimate of drug-likeness (QED) is 0.759. The standard InChI is InChI=1S/C19H26ClN/c1-12-3-4-17(20)8-18(12)21-13(2)19-9-14-5-15(10-19)7-16(6-14)11-19/h3-4,8,13-16,21H,5-7,9-11H2,1-2H3. The molecule has 0 amide bonds. The van der Waals surface area contributed by atoms with Crippen LogP contribution in [0.25, 0.3) is 0 Å². The topological polar surface area (TPSA) is 12.0 Å². The molecule has 0 spiro atoms. The third-order valence-corrected chi connectivity index (χ3v) is 6.81. The van der Waals surface area contributed by atoms with Crippen LogP contribution in [-0.2, 0) is 0 Å². The third kappa shape index (κ3) is 2.38. The highest BCUT2D eigenvalue weighted by atomic mass is 35.5. The minimum atomic E-state index is 0.545. The van der Waals surface area contributed by atoms with Crippen molar-refractivity contribution in [2.75, 3.05) is 5.32 Å². The summed E-state index contributed by atoms with van der Waals surface area (Å²) in [5.74, 6) is 3.04. The van der Waals surface area contributed by atoms with Gasteiger partial charge in [0.05, 0.1) is 0 Å². The van der Waals surface area contributed by atoms with Crippen LogP contribution >= 0.6 is 11.6 Å². The third-order valence-electron chi connectivity index (χ3n) is 6.58. The van der Waals surface area contributed by atoms with Gasteiger partial charge in [0.2, 0.25) is 0 Å². The van der Waals surface area contributed by atoms with Crippen molar-refractivity contribution in [2.45, 2.75) is 58.4 Å². The predicted octanol–water partition coefficient (Wildman–Crippen LogP) is 5.67. The molecule has 1 nitrogen and oxygen atoms in total. The normalized spacial score (nSPS) is 38.5. The molecule has 4 bridgehead atoms. The number of hydrogen-bond donors (Lipinski definition) is 1. The Hall–Kier alpha value is -0.690. The zero-order valence-electron chi connectivity index (χ0n) is 13.2. The summed E-state index contributed by atoms with van der Waals surface area (Å²) in [5, 5.41) is 4.66. The van der Waals surface area contributed by atoms with Gasteiger partial charge in [0, 0.05) is 16.8 Å². The molecular weight excluding hydrogens is 278 g/mol. The monoisotopic (exact) mass is 303 g/mol. The molecule has 1 aromatic rings. The molecule has 21 heavy (non-hydrogen) atoms. The van der Waals surface area contributed by atoms with Crippen molar-refractivity contribution >= 4 is 17.3 Å². The van der Waals surface area contributed by atoms with E-state index in [9.17, 15) is 0 Å². The highest BCUT2D eigenvalue weighted by molar-refractivity contribution is 6.30. The van der Waals surface area contributed by atoms with Gasteiger partial charge in [-0.2, -0.15) is 0 Å². The summed E-state index contributed by atoms with van der Waals surface area (Å²) >= 11 is 6.18. The van der Waals surface area contributed by atoms with Crippen molar-refractivity contribution in [3.63, 3.8) is 0 Å². The summed E-state index contributed by atoms with van der Waals surface area (Å²) in [6, 6.07) is 6.76. The minimum absolute atomic E-state index is 0.545. The van der Waals surface area contributed by atoms with Gasteiger partial charge in [-0.15, -0.1) is 0 Å². The molecule has 4 aliphatic rings. The van der Waals surface area contributed by atoms with E-state index in [4.69, 9.17) is 11.6 Å². The van der Waals surface area contributed by atoms with Crippen LogP contribution in [-0.4, -0.2) is 6.04 Å². The van der Waals surface area contributed by atoms with Crippen molar-refractivity contribution in [3.8, 4) is 0 Å². The average molecular weight is 304 g/mol. The fraction of sp³-hybridized carbons (Fsp3) is 0.684. The van der Waals surface area contributed by atoms with Crippen molar-refractivity contribution in [3.05, 3.63) is 28.8 Å². The van der Waals surface area contributed by atoms with Gasteiger partial charge in [0.15, 0.2) is 0 Å². The number of aryl methyl sites for hydroxylation is 1. The van der Waals surface area contributed by atoms with E-state index in [1.54, 1.807) is 0 Å². The second-order valence-electron chi connectivity index (χ2n) is 8.11. The van der Waals surface area contributed by atoms with Gasteiger partial charge < -0.3 is 5.32 Å². The number of rotatable bonds is 3. The maximum atomic E-state index is 6.18. The van der Waals surface area contributed by atoms with Gasteiger partial charge in [-0.1, -0.05) is 17.7 Å². The number of halogens is 1. The Balaban J connectivity index is 1.57. The van der Waals surface area contributed by atoms with Crippen LogP contribution in [0, 0.1) is 30.1 Å². The second-order valence-corrected chi connectivity index (χ2v) is 8.54. The van der Waals surface area contributed by atoms with E-state index >= 15 is 0 Å². The maximum Gasteiger partial charge on any atom is 0.0426 e. The largest absolute Gasteiger partial charge is 0.382 e. The van der Waals surface area contributed by atoms with E-state index in [-0.39, 0.29) is 0 Å². The molecule has 4 saturated carbocycles. The average Bonchev–Trinajstić information content (AvgIpc) is 2.41. The van der Waals surface area contributed by atoms with Crippen LogP contribution < -0.4 is 5.32 Å². The Morgan fingerprint density at radius 2 is 1.67 bits per heavy atom. The Labute approximate surface area is 133 Å². The molecule has 5 rings (SSSR count). The van der Waals surface area contributed by atoms with Crippen molar-refractivity contribution in [1.82, 2.24) is 0 Å². The summed E-state index contributed by atoms with van der Waals surface area (Å²) < 4.78 is 0. The van der Waals surface area contributed by atoms with E-state index in [0.717, 1.165) is 22.8 Å². The zero-order valence-corrected chi connectivity index (χ0v) is 13.9. The molecule has 0 radical (unpaired) electrons. The lowest BCUT2D eigenvalue weighted by Crippen LogP contribution is -2.52. The molecule has 1 unspecified atom stereocenters. The zero-order chi connectivity index (χ0) is 14.6. The van der Waals surface area contributed by atoms with Gasteiger partial charge in [0.1, 0.15) is 0 Å². The molecule has 4 fully saturated rings. The Morgan fingerprint density at radius 1 is 1.10 bits per heavy atom. The molecule has 2 heteroatoms. The van der Waals surface area contributed by atoms with Crippen LogP contribution in [0.2, 0.25) is 5.02 Å². The predicted molar refractivity (Wildman–Crippen MR) is 89.9 cm³/mol. The highest BCUT2D eigenvalue weighted by Gasteiger charge is 2.53. The smallest absolute Gasteiger partial charge is 0.0426 e. The number of hydrogen-bond acceptors (Lipinski definition) is 1. The van der Waals surface area contributed by atoms with Gasteiger partial charge in [0.25, 0.3) is 0 Å². The fourth-order valence-corrected chi connectivity index (χ4v) is 6.02. The van der Waals surface area contributed by atoms with E-state index in [0.29, 0.717) is 11.5 Å². The van der Waals surface area contributed by atoms with Gasteiger partial charge >= 0.3 is 0 Å². The molecule has 4 aliphatic carbocycles. The van der Waals surface area contributed by atoms with Gasteiger partial charge in [-0.3, -0.25) is 0 Å². The van der Waals surface area contributed by atoms with E-state index in [2.05, 4.69) is 31.3 Å². The highest BCUT2D eigenvalue weighted by Crippen LogP contribution is 2.61. The van der Waals surface area contributed by atoms with Crippen LogP contribution in [0.5, 0.6) is 0 Å². The first kappa shape index (κ1) is 13.9. The van der Waals surface area contributed by atoms with Gasteiger partial charge in [-0.25, -0.2) is 0 Å². The Morgan fingerprint density at radius 3 is 2.24 bits per heavy atom. The molecule has 1 aromatic carbocycles. The first-order chi connectivity index (χ1) is 10.0. The fourth-order valence-electron chi connectivity index (χ4n) is 5.84. The lowest BCUT2D eigenvalue weighted by Gasteiger charge is -2.59. The SMILES string of the molecule is Cc1ccc(Cl)cc1NC(C)C12CC3CC(CC(C3)C1)C2. The Bertz CT molecular complexity index is 515. The van der Waals surface area contributed by atoms with E-state index in [1.807, 2.05) is 6.07 Å². The maximum absolute atomic E-state index is 6.18. The molecule has 0 aromatic heterocycles. The number of anilines is 1. The van der Waals surface area contributed by atoms with Crippen LogP contribution in [0.3, 0.4) is 0 Å². The van der Waals surface area contributed by atoms with Gasteiger partial charge in [-0.05, 0) is 93.2 Å². The van der Waals surface area contributed by atoms with E-state index in [1.165, 1.54) is 49.8 Å².